The lowest BCUT2D eigenvalue weighted by Crippen LogP contribution is -2.12. The highest BCUT2D eigenvalue weighted by molar-refractivity contribution is 5.15. The fraction of sp³-hybridized carbons (Fsp3) is 0.364. The Morgan fingerprint density at radius 2 is 1.94 bits per heavy atom. The van der Waals surface area contributed by atoms with Crippen molar-refractivity contribution in [2.75, 3.05) is 6.54 Å². The maximum Gasteiger partial charge on any atom is 0.152 e. The highest BCUT2D eigenvalue weighted by Crippen LogP contribution is 2.05. The van der Waals surface area contributed by atoms with Gasteiger partial charge >= 0.3 is 0 Å². The Morgan fingerprint density at radius 3 is 2.65 bits per heavy atom. The summed E-state index contributed by atoms with van der Waals surface area (Å²) in [7, 11) is 0. The van der Waals surface area contributed by atoms with Crippen LogP contribution in [0.3, 0.4) is 0 Å². The summed E-state index contributed by atoms with van der Waals surface area (Å²) in [5, 5.41) is 11.4. The van der Waals surface area contributed by atoms with Gasteiger partial charge in [-0.05, 0) is 41.1 Å². The molecule has 0 unspecified atom stereocenters. The van der Waals surface area contributed by atoms with Crippen molar-refractivity contribution < 1.29 is 4.39 Å². The molecule has 6 heteroatoms. The van der Waals surface area contributed by atoms with Crippen LogP contribution in [-0.2, 0) is 19.4 Å². The van der Waals surface area contributed by atoms with E-state index in [2.05, 4.69) is 15.5 Å². The summed E-state index contributed by atoms with van der Waals surface area (Å²) < 4.78 is 14.4. The SMILES string of the molecule is NCCc1nnnn1CCc1ccc(F)cc1. The van der Waals surface area contributed by atoms with Crippen LogP contribution in [-0.4, -0.2) is 26.8 Å². The Morgan fingerprint density at radius 1 is 1.18 bits per heavy atom. The number of aryl methyl sites for hydroxylation is 2. The summed E-state index contributed by atoms with van der Waals surface area (Å²) in [4.78, 5) is 0. The Labute approximate surface area is 98.4 Å². The van der Waals surface area contributed by atoms with Crippen molar-refractivity contribution >= 4 is 0 Å². The molecule has 0 aliphatic carbocycles. The molecule has 0 atom stereocenters. The summed E-state index contributed by atoms with van der Waals surface area (Å²) in [5.74, 6) is 0.564. The van der Waals surface area contributed by atoms with E-state index in [0.29, 0.717) is 19.5 Å². The first-order valence-corrected chi connectivity index (χ1v) is 5.49. The average Bonchev–Trinajstić information content (AvgIpc) is 2.77. The highest BCUT2D eigenvalue weighted by Gasteiger charge is 2.04. The lowest BCUT2D eigenvalue weighted by Gasteiger charge is -2.03. The van der Waals surface area contributed by atoms with Crippen LogP contribution in [0.2, 0.25) is 0 Å². The van der Waals surface area contributed by atoms with Gasteiger partial charge in [0.25, 0.3) is 0 Å². The van der Waals surface area contributed by atoms with Gasteiger partial charge in [0.05, 0.1) is 0 Å². The normalized spacial score (nSPS) is 10.7. The Kier molecular flexibility index (Phi) is 3.77. The molecule has 2 N–H and O–H groups in total. The number of hydrogen-bond donors (Lipinski definition) is 1. The van der Waals surface area contributed by atoms with Crippen LogP contribution in [0.4, 0.5) is 4.39 Å². The van der Waals surface area contributed by atoms with Gasteiger partial charge in [0.2, 0.25) is 0 Å². The number of halogens is 1. The zero-order valence-corrected chi connectivity index (χ0v) is 9.38. The quantitative estimate of drug-likeness (QED) is 0.822. The van der Waals surface area contributed by atoms with Gasteiger partial charge in [-0.25, -0.2) is 9.07 Å². The number of benzene rings is 1. The van der Waals surface area contributed by atoms with E-state index in [1.807, 2.05) is 0 Å². The predicted molar refractivity (Wildman–Crippen MR) is 60.7 cm³/mol. The molecule has 90 valence electrons. The third-order valence-corrected chi connectivity index (χ3v) is 2.50. The summed E-state index contributed by atoms with van der Waals surface area (Å²) in [6, 6.07) is 6.44. The summed E-state index contributed by atoms with van der Waals surface area (Å²) in [6.45, 7) is 1.20. The number of nitrogens with two attached hydrogens (primary N) is 1. The molecule has 1 aromatic heterocycles. The van der Waals surface area contributed by atoms with Gasteiger partial charge in [0, 0.05) is 13.0 Å². The topological polar surface area (TPSA) is 69.6 Å². The van der Waals surface area contributed by atoms with Crippen LogP contribution in [0, 0.1) is 5.82 Å². The molecule has 1 aromatic carbocycles. The number of aromatic nitrogens is 4. The van der Waals surface area contributed by atoms with Crippen LogP contribution >= 0.6 is 0 Å². The van der Waals surface area contributed by atoms with Crippen molar-refractivity contribution in [3.8, 4) is 0 Å². The Bertz CT molecular complexity index is 465. The van der Waals surface area contributed by atoms with Gasteiger partial charge in [-0.1, -0.05) is 12.1 Å². The molecular formula is C11H14FN5. The minimum atomic E-state index is -0.222. The van der Waals surface area contributed by atoms with Crippen LogP contribution in [0.25, 0.3) is 0 Å². The van der Waals surface area contributed by atoms with Crippen LogP contribution < -0.4 is 5.73 Å². The molecule has 0 fully saturated rings. The lowest BCUT2D eigenvalue weighted by atomic mass is 10.1. The maximum atomic E-state index is 12.7. The Hall–Kier alpha value is -1.82. The van der Waals surface area contributed by atoms with Crippen LogP contribution in [0.15, 0.2) is 24.3 Å². The largest absolute Gasteiger partial charge is 0.330 e. The molecule has 0 spiro atoms. The molecule has 5 nitrogen and oxygen atoms in total. The molecule has 0 saturated carbocycles. The van der Waals surface area contributed by atoms with E-state index in [0.717, 1.165) is 17.8 Å². The first-order valence-electron chi connectivity index (χ1n) is 5.49. The van der Waals surface area contributed by atoms with Crippen LogP contribution in [0.5, 0.6) is 0 Å². The number of hydrogen-bond acceptors (Lipinski definition) is 4. The fourth-order valence-corrected chi connectivity index (χ4v) is 1.59. The molecule has 1 heterocycles. The molecule has 17 heavy (non-hydrogen) atoms. The van der Waals surface area contributed by atoms with Crippen molar-refractivity contribution in [1.82, 2.24) is 20.2 Å². The van der Waals surface area contributed by atoms with Crippen molar-refractivity contribution in [2.24, 2.45) is 5.73 Å². The van der Waals surface area contributed by atoms with Gasteiger partial charge < -0.3 is 5.73 Å². The molecule has 0 aliphatic heterocycles. The predicted octanol–water partition coefficient (Wildman–Crippen LogP) is 0.556. The molecule has 0 bridgehead atoms. The second-order valence-electron chi connectivity index (χ2n) is 3.73. The van der Waals surface area contributed by atoms with Crippen molar-refractivity contribution in [1.29, 1.82) is 0 Å². The molecular weight excluding hydrogens is 221 g/mol. The summed E-state index contributed by atoms with van der Waals surface area (Å²) in [6.07, 6.45) is 1.43. The summed E-state index contributed by atoms with van der Waals surface area (Å²) >= 11 is 0. The van der Waals surface area contributed by atoms with E-state index in [1.54, 1.807) is 16.8 Å². The summed E-state index contributed by atoms with van der Waals surface area (Å²) in [5.41, 5.74) is 6.52. The second kappa shape index (κ2) is 5.49. The van der Waals surface area contributed by atoms with Gasteiger partial charge in [-0.15, -0.1) is 5.10 Å². The molecule has 0 saturated heterocycles. The standard InChI is InChI=1S/C11H14FN5/c12-10-3-1-9(2-4-10)6-8-17-11(5-7-13)14-15-16-17/h1-4H,5-8,13H2. The number of tetrazole rings is 1. The average molecular weight is 235 g/mol. The van der Waals surface area contributed by atoms with E-state index >= 15 is 0 Å². The van der Waals surface area contributed by atoms with E-state index < -0.39 is 0 Å². The molecule has 0 aliphatic rings. The third kappa shape index (κ3) is 3.07. The van der Waals surface area contributed by atoms with Crippen molar-refractivity contribution in [3.05, 3.63) is 41.5 Å². The second-order valence-corrected chi connectivity index (χ2v) is 3.73. The Balaban J connectivity index is 1.97. The van der Waals surface area contributed by atoms with Gasteiger partial charge in [0.15, 0.2) is 5.82 Å². The zero-order chi connectivity index (χ0) is 12.1. The molecule has 2 rings (SSSR count). The van der Waals surface area contributed by atoms with E-state index in [1.165, 1.54) is 12.1 Å². The van der Waals surface area contributed by atoms with Crippen LogP contribution in [0.1, 0.15) is 11.4 Å². The monoisotopic (exact) mass is 235 g/mol. The van der Waals surface area contributed by atoms with E-state index in [4.69, 9.17) is 5.73 Å². The molecule has 0 radical (unpaired) electrons. The lowest BCUT2D eigenvalue weighted by molar-refractivity contribution is 0.562. The van der Waals surface area contributed by atoms with Crippen molar-refractivity contribution in [2.45, 2.75) is 19.4 Å². The van der Waals surface area contributed by atoms with Gasteiger partial charge in [-0.3, -0.25) is 0 Å². The zero-order valence-electron chi connectivity index (χ0n) is 9.38. The number of rotatable bonds is 5. The molecule has 2 aromatic rings. The maximum absolute atomic E-state index is 12.7. The smallest absolute Gasteiger partial charge is 0.152 e. The minimum Gasteiger partial charge on any atom is -0.330 e. The fourth-order valence-electron chi connectivity index (χ4n) is 1.59. The number of nitrogens with zero attached hydrogens (tertiary/aromatic N) is 4. The van der Waals surface area contributed by atoms with E-state index in [-0.39, 0.29) is 5.82 Å². The third-order valence-electron chi connectivity index (χ3n) is 2.50. The van der Waals surface area contributed by atoms with Crippen molar-refractivity contribution in [3.63, 3.8) is 0 Å². The molecule has 0 amide bonds. The highest BCUT2D eigenvalue weighted by atomic mass is 19.1. The van der Waals surface area contributed by atoms with E-state index in [9.17, 15) is 4.39 Å². The first-order chi connectivity index (χ1) is 8.29. The van der Waals surface area contributed by atoms with Gasteiger partial charge in [0.1, 0.15) is 5.82 Å². The van der Waals surface area contributed by atoms with Gasteiger partial charge in [-0.2, -0.15) is 0 Å². The minimum absolute atomic E-state index is 0.222. The first kappa shape index (κ1) is 11.7.